The molecule has 1 unspecified atom stereocenters. The van der Waals surface area contributed by atoms with Crippen LogP contribution < -0.4 is 10.6 Å². The molecule has 1 aliphatic carbocycles. The molecule has 0 saturated heterocycles. The van der Waals surface area contributed by atoms with Crippen molar-refractivity contribution in [2.75, 3.05) is 10.6 Å². The lowest BCUT2D eigenvalue weighted by atomic mass is 9.73. The molecule has 4 heteroatoms. The van der Waals surface area contributed by atoms with E-state index < -0.39 is 0 Å². The summed E-state index contributed by atoms with van der Waals surface area (Å²) in [6.45, 7) is 4.31. The Bertz CT molecular complexity index is 824. The Kier molecular flexibility index (Phi) is 3.41. The molecule has 122 valence electrons. The third kappa shape index (κ3) is 2.58. The molecule has 2 N–H and O–H groups in total. The molecule has 24 heavy (non-hydrogen) atoms. The van der Waals surface area contributed by atoms with E-state index in [1.165, 1.54) is 0 Å². The quantitative estimate of drug-likeness (QED) is 0.822. The number of anilines is 2. The number of nitrogens with one attached hydrogen (secondary N) is 2. The van der Waals surface area contributed by atoms with E-state index in [0.29, 0.717) is 6.42 Å². The van der Waals surface area contributed by atoms with Crippen LogP contribution in [0.5, 0.6) is 0 Å². The van der Waals surface area contributed by atoms with E-state index in [2.05, 4.69) is 29.5 Å². The van der Waals surface area contributed by atoms with Crippen LogP contribution in [0, 0.1) is 5.41 Å². The van der Waals surface area contributed by atoms with Gasteiger partial charge in [0, 0.05) is 12.6 Å². The first-order valence-electron chi connectivity index (χ1n) is 8.33. The highest BCUT2D eigenvalue weighted by Crippen LogP contribution is 2.45. The van der Waals surface area contributed by atoms with Crippen LogP contribution in [0.4, 0.5) is 11.4 Å². The number of carbonyl (C=O) groups excluding carboxylic acids is 1. The summed E-state index contributed by atoms with van der Waals surface area (Å²) in [5, 5.41) is 6.99. The van der Waals surface area contributed by atoms with Crippen LogP contribution in [0.2, 0.25) is 0 Å². The fraction of sp³-hybridized carbons (Fsp3) is 0.300. The van der Waals surface area contributed by atoms with Gasteiger partial charge in [-0.05, 0) is 41.7 Å². The number of hydrogen-bond acceptors (Lipinski definition) is 4. The second-order valence-electron chi connectivity index (χ2n) is 7.34. The predicted molar refractivity (Wildman–Crippen MR) is 95.7 cm³/mol. The Balaban J connectivity index is 1.89. The third-order valence-electron chi connectivity index (χ3n) is 4.73. The number of benzene rings is 1. The van der Waals surface area contributed by atoms with Gasteiger partial charge < -0.3 is 10.6 Å². The average molecular weight is 319 g/mol. The topological polar surface area (TPSA) is 54.0 Å². The smallest absolute Gasteiger partial charge is 0.179 e. The Morgan fingerprint density at radius 2 is 1.79 bits per heavy atom. The second-order valence-corrected chi connectivity index (χ2v) is 7.34. The number of allylic oxidation sites excluding steroid dienone is 1. The normalized spacial score (nSPS) is 21.9. The Hall–Kier alpha value is -2.62. The maximum atomic E-state index is 12.8. The number of pyridine rings is 1. The molecule has 4 rings (SSSR count). The number of Topliss-reactive ketones (excluding diaryl/α,β-unsaturated/α-hetero) is 1. The van der Waals surface area contributed by atoms with Crippen molar-refractivity contribution in [3.05, 3.63) is 65.6 Å². The van der Waals surface area contributed by atoms with E-state index in [9.17, 15) is 4.79 Å². The Morgan fingerprint density at radius 3 is 2.54 bits per heavy atom. The molecule has 0 saturated carbocycles. The monoisotopic (exact) mass is 319 g/mol. The van der Waals surface area contributed by atoms with Crippen LogP contribution in [-0.4, -0.2) is 10.8 Å². The zero-order valence-electron chi connectivity index (χ0n) is 14.0. The second kappa shape index (κ2) is 5.48. The van der Waals surface area contributed by atoms with Gasteiger partial charge in [-0.1, -0.05) is 32.0 Å². The third-order valence-corrected chi connectivity index (χ3v) is 4.73. The van der Waals surface area contributed by atoms with Crippen molar-refractivity contribution in [2.45, 2.75) is 32.7 Å². The van der Waals surface area contributed by atoms with Gasteiger partial charge in [-0.25, -0.2) is 0 Å². The standard InChI is InChI=1S/C20H21N3O/c1-20(2)11-13-18(16-9-5-6-10-21-16)22-14-7-3-4-8-15(14)23-19(13)17(24)12-20/h3-10,18,22-23H,11-12H2,1-2H3. The van der Waals surface area contributed by atoms with Crippen molar-refractivity contribution in [1.29, 1.82) is 0 Å². The largest absolute Gasteiger partial charge is 0.371 e. The minimum Gasteiger partial charge on any atom is -0.371 e. The van der Waals surface area contributed by atoms with Crippen LogP contribution in [0.3, 0.4) is 0 Å². The summed E-state index contributed by atoms with van der Waals surface area (Å²) in [5.41, 5.74) is 4.68. The predicted octanol–water partition coefficient (Wildman–Crippen LogP) is 4.30. The molecule has 2 aliphatic rings. The minimum atomic E-state index is -0.0964. The number of nitrogens with zero attached hydrogens (tertiary/aromatic N) is 1. The zero-order valence-corrected chi connectivity index (χ0v) is 14.0. The molecule has 1 aromatic heterocycles. The van der Waals surface area contributed by atoms with E-state index >= 15 is 0 Å². The number of hydrogen-bond donors (Lipinski definition) is 2. The lowest BCUT2D eigenvalue weighted by Gasteiger charge is -2.34. The molecule has 1 atom stereocenters. The first kappa shape index (κ1) is 14.9. The minimum absolute atomic E-state index is 0.0389. The lowest BCUT2D eigenvalue weighted by Crippen LogP contribution is -2.31. The summed E-state index contributed by atoms with van der Waals surface area (Å²) in [4.78, 5) is 17.4. The van der Waals surface area contributed by atoms with E-state index in [0.717, 1.165) is 34.8 Å². The summed E-state index contributed by atoms with van der Waals surface area (Å²) < 4.78 is 0. The van der Waals surface area contributed by atoms with Gasteiger partial charge >= 0.3 is 0 Å². The van der Waals surface area contributed by atoms with Crippen LogP contribution in [0.1, 0.15) is 38.4 Å². The highest BCUT2D eigenvalue weighted by Gasteiger charge is 2.38. The number of rotatable bonds is 1. The fourth-order valence-corrected chi connectivity index (χ4v) is 3.66. The number of carbonyl (C=O) groups is 1. The summed E-state index contributed by atoms with van der Waals surface area (Å²) in [6.07, 6.45) is 3.23. The maximum Gasteiger partial charge on any atom is 0.179 e. The lowest BCUT2D eigenvalue weighted by molar-refractivity contribution is -0.118. The first-order valence-corrected chi connectivity index (χ1v) is 8.33. The molecule has 2 heterocycles. The van der Waals surface area contributed by atoms with Crippen LogP contribution in [-0.2, 0) is 4.79 Å². The molecule has 1 aliphatic heterocycles. The van der Waals surface area contributed by atoms with Gasteiger partial charge in [0.25, 0.3) is 0 Å². The van der Waals surface area contributed by atoms with Gasteiger partial charge in [0.2, 0.25) is 0 Å². The van der Waals surface area contributed by atoms with Crippen molar-refractivity contribution in [3.8, 4) is 0 Å². The molecular formula is C20H21N3O. The van der Waals surface area contributed by atoms with E-state index in [4.69, 9.17) is 0 Å². The van der Waals surface area contributed by atoms with Crippen LogP contribution >= 0.6 is 0 Å². The van der Waals surface area contributed by atoms with Gasteiger partial charge in [-0.15, -0.1) is 0 Å². The zero-order chi connectivity index (χ0) is 16.7. The number of para-hydroxylation sites is 2. The van der Waals surface area contributed by atoms with Gasteiger partial charge in [0.05, 0.1) is 28.8 Å². The van der Waals surface area contributed by atoms with E-state index in [-0.39, 0.29) is 17.2 Å². The van der Waals surface area contributed by atoms with Gasteiger partial charge in [-0.2, -0.15) is 0 Å². The average Bonchev–Trinajstić information content (AvgIpc) is 2.72. The molecule has 0 amide bonds. The van der Waals surface area contributed by atoms with Crippen LogP contribution in [0.25, 0.3) is 0 Å². The highest BCUT2D eigenvalue weighted by molar-refractivity contribution is 6.02. The molecule has 1 aromatic carbocycles. The number of fused-ring (bicyclic) bond motifs is 1. The maximum absolute atomic E-state index is 12.8. The summed E-state index contributed by atoms with van der Waals surface area (Å²) in [7, 11) is 0. The van der Waals surface area contributed by atoms with E-state index in [1.807, 2.05) is 42.5 Å². The summed E-state index contributed by atoms with van der Waals surface area (Å²) in [5.74, 6) is 0.181. The highest BCUT2D eigenvalue weighted by atomic mass is 16.1. The number of ketones is 1. The van der Waals surface area contributed by atoms with Crippen molar-refractivity contribution in [1.82, 2.24) is 4.98 Å². The van der Waals surface area contributed by atoms with E-state index in [1.54, 1.807) is 6.20 Å². The molecule has 2 aromatic rings. The molecular weight excluding hydrogens is 298 g/mol. The molecule has 0 spiro atoms. The first-order chi connectivity index (χ1) is 11.5. The van der Waals surface area contributed by atoms with Gasteiger partial charge in [0.15, 0.2) is 5.78 Å². The SMILES string of the molecule is CC1(C)CC(=O)C2=C(C1)C(c1ccccn1)Nc1ccccc1N2. The Labute approximate surface area is 142 Å². The van der Waals surface area contributed by atoms with Gasteiger partial charge in [0.1, 0.15) is 0 Å². The molecule has 0 fully saturated rings. The molecule has 4 nitrogen and oxygen atoms in total. The van der Waals surface area contributed by atoms with Crippen molar-refractivity contribution in [2.24, 2.45) is 5.41 Å². The van der Waals surface area contributed by atoms with Crippen molar-refractivity contribution >= 4 is 17.2 Å². The Morgan fingerprint density at radius 1 is 1.04 bits per heavy atom. The molecule has 0 radical (unpaired) electrons. The summed E-state index contributed by atoms with van der Waals surface area (Å²) in [6, 6.07) is 13.8. The van der Waals surface area contributed by atoms with Crippen molar-refractivity contribution < 1.29 is 4.79 Å². The molecule has 0 bridgehead atoms. The van der Waals surface area contributed by atoms with Gasteiger partial charge in [-0.3, -0.25) is 9.78 Å². The van der Waals surface area contributed by atoms with Crippen LogP contribution in [0.15, 0.2) is 59.9 Å². The summed E-state index contributed by atoms with van der Waals surface area (Å²) >= 11 is 0. The fourth-order valence-electron chi connectivity index (χ4n) is 3.66. The number of aromatic nitrogens is 1. The van der Waals surface area contributed by atoms with Crippen molar-refractivity contribution in [3.63, 3.8) is 0 Å².